The summed E-state index contributed by atoms with van der Waals surface area (Å²) in [7, 11) is -4.10. The Labute approximate surface area is 247 Å². The predicted molar refractivity (Wildman–Crippen MR) is 165 cm³/mol. The molecule has 9 heteroatoms. The van der Waals surface area contributed by atoms with Gasteiger partial charge in [-0.05, 0) is 67.5 Å². The number of aryl methyl sites for hydroxylation is 1. The summed E-state index contributed by atoms with van der Waals surface area (Å²) in [6, 6.07) is 26.3. The maximum atomic E-state index is 14.6. The van der Waals surface area contributed by atoms with E-state index in [1.54, 1.807) is 60.4 Å². The summed E-state index contributed by atoms with van der Waals surface area (Å²) >= 11 is 0. The monoisotopic (exact) mass is 585 g/mol. The second-order valence-electron chi connectivity index (χ2n) is 10.5. The quantitative estimate of drug-likeness (QED) is 0.269. The van der Waals surface area contributed by atoms with Crippen molar-refractivity contribution in [1.29, 1.82) is 0 Å². The number of hydrogen-bond donors (Lipinski definition) is 1. The first-order valence-corrected chi connectivity index (χ1v) is 15.6. The van der Waals surface area contributed by atoms with Gasteiger partial charge >= 0.3 is 6.09 Å². The van der Waals surface area contributed by atoms with Crippen molar-refractivity contribution >= 4 is 44.2 Å². The lowest BCUT2D eigenvalue weighted by Gasteiger charge is -2.42. The van der Waals surface area contributed by atoms with E-state index in [-0.39, 0.29) is 29.4 Å². The van der Waals surface area contributed by atoms with Crippen LogP contribution in [0.25, 0.3) is 10.8 Å². The molecule has 0 spiro atoms. The summed E-state index contributed by atoms with van der Waals surface area (Å²) < 4.78 is 36.0. The number of piperidine rings is 1. The molecule has 2 atom stereocenters. The fourth-order valence-electron chi connectivity index (χ4n) is 5.66. The van der Waals surface area contributed by atoms with Crippen molar-refractivity contribution in [2.75, 3.05) is 29.3 Å². The number of carbonyl (C=O) groups excluding carboxylic acids is 2. The zero-order valence-electron chi connectivity index (χ0n) is 24.0. The topological polar surface area (TPSA) is 96.0 Å². The molecule has 0 aromatic heterocycles. The van der Waals surface area contributed by atoms with Crippen LogP contribution in [-0.2, 0) is 14.8 Å². The number of fused-ring (bicyclic) bond motifs is 1. The first kappa shape index (κ1) is 29.1. The molecule has 218 valence electrons. The van der Waals surface area contributed by atoms with Gasteiger partial charge in [-0.2, -0.15) is 0 Å². The van der Waals surface area contributed by atoms with Crippen LogP contribution < -0.4 is 9.62 Å². The number of sulfonamides is 1. The van der Waals surface area contributed by atoms with Gasteiger partial charge in [-0.15, -0.1) is 0 Å². The van der Waals surface area contributed by atoms with E-state index in [4.69, 9.17) is 4.74 Å². The number of nitrogens with zero attached hydrogens (tertiary/aromatic N) is 2. The van der Waals surface area contributed by atoms with E-state index in [0.29, 0.717) is 47.2 Å². The maximum Gasteiger partial charge on any atom is 0.409 e. The first-order chi connectivity index (χ1) is 20.2. The Morgan fingerprint density at radius 2 is 1.62 bits per heavy atom. The number of amides is 2. The Morgan fingerprint density at radius 1 is 0.929 bits per heavy atom. The van der Waals surface area contributed by atoms with E-state index in [2.05, 4.69) is 5.32 Å². The molecule has 0 bridgehead atoms. The van der Waals surface area contributed by atoms with E-state index in [9.17, 15) is 18.0 Å². The number of benzene rings is 4. The summed E-state index contributed by atoms with van der Waals surface area (Å²) in [4.78, 5) is 27.6. The normalized spacial score (nSPS) is 17.1. The molecular weight excluding hydrogens is 550 g/mol. The summed E-state index contributed by atoms with van der Waals surface area (Å²) in [6.07, 6.45) is 0.0608. The summed E-state index contributed by atoms with van der Waals surface area (Å²) in [5.41, 5.74) is 2.55. The highest BCUT2D eigenvalue weighted by Crippen LogP contribution is 2.36. The molecule has 4 aromatic carbocycles. The first-order valence-electron chi connectivity index (χ1n) is 14.1. The third kappa shape index (κ3) is 5.69. The van der Waals surface area contributed by atoms with Crippen molar-refractivity contribution in [3.05, 3.63) is 102 Å². The van der Waals surface area contributed by atoms with Gasteiger partial charge in [-0.3, -0.25) is 9.10 Å². The number of anilines is 2. The third-order valence-electron chi connectivity index (χ3n) is 7.75. The van der Waals surface area contributed by atoms with E-state index in [1.807, 2.05) is 56.3 Å². The smallest absolute Gasteiger partial charge is 0.409 e. The molecule has 0 saturated carbocycles. The van der Waals surface area contributed by atoms with Crippen molar-refractivity contribution in [3.8, 4) is 0 Å². The number of carbonyl (C=O) groups is 2. The second-order valence-corrected chi connectivity index (χ2v) is 12.3. The molecule has 1 N–H and O–H groups in total. The largest absolute Gasteiger partial charge is 0.450 e. The maximum absolute atomic E-state index is 14.6. The fraction of sp³-hybridized carbons (Fsp3) is 0.273. The molecule has 1 aliphatic heterocycles. The average Bonchev–Trinajstić information content (AvgIpc) is 2.99. The van der Waals surface area contributed by atoms with Crippen molar-refractivity contribution in [1.82, 2.24) is 4.90 Å². The minimum Gasteiger partial charge on any atom is -0.450 e. The Kier molecular flexibility index (Phi) is 8.49. The van der Waals surface area contributed by atoms with Gasteiger partial charge in [-0.25, -0.2) is 13.2 Å². The van der Waals surface area contributed by atoms with E-state index in [1.165, 1.54) is 4.31 Å². The van der Waals surface area contributed by atoms with Crippen LogP contribution in [0.3, 0.4) is 0 Å². The van der Waals surface area contributed by atoms with E-state index in [0.717, 1.165) is 5.56 Å². The van der Waals surface area contributed by atoms with Gasteiger partial charge in [0, 0.05) is 29.7 Å². The predicted octanol–water partition coefficient (Wildman–Crippen LogP) is 6.46. The van der Waals surface area contributed by atoms with Crippen molar-refractivity contribution < 1.29 is 22.7 Å². The van der Waals surface area contributed by atoms with Crippen LogP contribution in [-0.4, -0.2) is 51.1 Å². The number of likely N-dealkylation sites (tertiary alicyclic amines) is 1. The lowest BCUT2D eigenvalue weighted by atomic mass is 9.93. The van der Waals surface area contributed by atoms with Crippen LogP contribution in [0.5, 0.6) is 0 Å². The Bertz CT molecular complexity index is 1710. The molecule has 2 amide bonds. The van der Waals surface area contributed by atoms with Crippen LogP contribution >= 0.6 is 0 Å². The van der Waals surface area contributed by atoms with Crippen molar-refractivity contribution in [2.24, 2.45) is 5.92 Å². The van der Waals surface area contributed by atoms with Crippen LogP contribution in [0, 0.1) is 12.8 Å². The molecule has 0 unspecified atom stereocenters. The average molecular weight is 586 g/mol. The molecular formula is C33H35N3O5S. The molecule has 4 aromatic rings. The highest BCUT2D eigenvalue weighted by molar-refractivity contribution is 7.93. The number of hydrogen-bond acceptors (Lipinski definition) is 5. The lowest BCUT2D eigenvalue weighted by molar-refractivity contribution is 0.0866. The highest BCUT2D eigenvalue weighted by Gasteiger charge is 2.40. The molecule has 1 saturated heterocycles. The van der Waals surface area contributed by atoms with Crippen molar-refractivity contribution in [3.63, 3.8) is 0 Å². The second kappa shape index (κ2) is 12.2. The zero-order valence-corrected chi connectivity index (χ0v) is 24.8. The lowest BCUT2D eigenvalue weighted by Crippen LogP contribution is -2.53. The standard InChI is InChI=1S/C33H35N3O5S/c1-4-41-33(38)35-21-20-30(24(3)22-35)36(25-13-6-5-7-14-25)42(39,40)31-19-11-15-26-27(31)16-10-17-28(26)32(37)34-29-18-9-8-12-23(29)2/h5-19,24,30H,4,20-22H2,1-3H3,(H,34,37)/t24-,30-/m0/s1. The number of ether oxygens (including phenoxy) is 1. The molecule has 0 radical (unpaired) electrons. The third-order valence-corrected chi connectivity index (χ3v) is 9.67. The van der Waals surface area contributed by atoms with Gasteiger partial charge in [-0.1, -0.05) is 67.6 Å². The molecule has 5 rings (SSSR count). The van der Waals surface area contributed by atoms with Crippen LogP contribution in [0.15, 0.2) is 95.9 Å². The minimum absolute atomic E-state index is 0.120. The number of rotatable bonds is 7. The summed E-state index contributed by atoms with van der Waals surface area (Å²) in [5, 5.41) is 3.97. The van der Waals surface area contributed by atoms with Gasteiger partial charge in [0.1, 0.15) is 0 Å². The summed E-state index contributed by atoms with van der Waals surface area (Å²) in [6.45, 7) is 6.67. The van der Waals surface area contributed by atoms with Crippen LogP contribution in [0.1, 0.15) is 36.2 Å². The molecule has 42 heavy (non-hydrogen) atoms. The van der Waals surface area contributed by atoms with Crippen LogP contribution in [0.4, 0.5) is 16.2 Å². The van der Waals surface area contributed by atoms with Crippen LogP contribution in [0.2, 0.25) is 0 Å². The molecule has 1 heterocycles. The van der Waals surface area contributed by atoms with Gasteiger partial charge in [0.05, 0.1) is 23.2 Å². The molecule has 1 aliphatic rings. The van der Waals surface area contributed by atoms with E-state index < -0.39 is 16.1 Å². The molecule has 1 fully saturated rings. The number of nitrogens with one attached hydrogen (secondary N) is 1. The SMILES string of the molecule is CCOC(=O)N1CC[C@H](N(c2ccccc2)S(=O)(=O)c2cccc3c(C(=O)Nc4ccccc4C)cccc23)[C@@H](C)C1. The Balaban J connectivity index is 1.55. The number of para-hydroxylation sites is 2. The Morgan fingerprint density at radius 3 is 2.33 bits per heavy atom. The minimum atomic E-state index is -4.10. The van der Waals surface area contributed by atoms with Gasteiger partial charge in [0.15, 0.2) is 0 Å². The Hall–Kier alpha value is -4.37. The summed E-state index contributed by atoms with van der Waals surface area (Å²) in [5.74, 6) is -0.479. The molecule has 8 nitrogen and oxygen atoms in total. The van der Waals surface area contributed by atoms with Crippen molar-refractivity contribution in [2.45, 2.75) is 38.1 Å². The van der Waals surface area contributed by atoms with Gasteiger partial charge in [0.25, 0.3) is 15.9 Å². The van der Waals surface area contributed by atoms with E-state index >= 15 is 0 Å². The highest BCUT2D eigenvalue weighted by atomic mass is 32.2. The van der Waals surface area contributed by atoms with Gasteiger partial charge in [0.2, 0.25) is 0 Å². The zero-order chi connectivity index (χ0) is 29.9. The van der Waals surface area contributed by atoms with Gasteiger partial charge < -0.3 is 15.0 Å². The fourth-order valence-corrected chi connectivity index (χ4v) is 7.65. The molecule has 0 aliphatic carbocycles.